The molecule has 2 fully saturated rings. The predicted molar refractivity (Wildman–Crippen MR) is 145 cm³/mol. The zero-order chi connectivity index (χ0) is 28.3. The fourth-order valence-corrected chi connectivity index (χ4v) is 6.23. The van der Waals surface area contributed by atoms with Crippen LogP contribution in [0.15, 0.2) is 65.6 Å². The van der Waals surface area contributed by atoms with Crippen molar-refractivity contribution in [3.05, 3.63) is 94.8 Å². The number of thioether (sulfide) groups is 1. The summed E-state index contributed by atoms with van der Waals surface area (Å²) in [5.41, 5.74) is -0.378. The van der Waals surface area contributed by atoms with Gasteiger partial charge in [-0.05, 0) is 55.3 Å². The monoisotopic (exact) mass is 570 g/mol. The van der Waals surface area contributed by atoms with Crippen LogP contribution in [0.2, 0.25) is 0 Å². The standard InChI is InChI=1S/C30H29F3N2O4S/c1-38-26-16-20(8-10-24(26)31)28(36)35-14-15-39-30(19-35)12-5-13-34(18-30)29(37)22-9-11-25(32)27(33)23(22)17-40-21-6-3-2-4-7-21/h2-4,6-11,16H,5,12-15,17-19H2,1H3. The summed E-state index contributed by atoms with van der Waals surface area (Å²) in [4.78, 5) is 31.1. The van der Waals surface area contributed by atoms with E-state index in [0.717, 1.165) is 11.0 Å². The number of morpholine rings is 1. The minimum absolute atomic E-state index is 0.0176. The Morgan fingerprint density at radius 3 is 2.42 bits per heavy atom. The van der Waals surface area contributed by atoms with E-state index in [4.69, 9.17) is 9.47 Å². The molecule has 2 heterocycles. The molecule has 0 aliphatic carbocycles. The maximum absolute atomic E-state index is 15.0. The summed E-state index contributed by atoms with van der Waals surface area (Å²) < 4.78 is 54.2. The van der Waals surface area contributed by atoms with E-state index in [0.29, 0.717) is 31.5 Å². The highest BCUT2D eigenvalue weighted by Crippen LogP contribution is 2.33. The average Bonchev–Trinajstić information content (AvgIpc) is 2.98. The average molecular weight is 571 g/mol. The lowest BCUT2D eigenvalue weighted by molar-refractivity contribution is -0.126. The van der Waals surface area contributed by atoms with Gasteiger partial charge in [-0.2, -0.15) is 0 Å². The number of nitrogens with zero attached hydrogens (tertiary/aromatic N) is 2. The molecule has 210 valence electrons. The molecule has 1 unspecified atom stereocenters. The van der Waals surface area contributed by atoms with Crippen molar-refractivity contribution >= 4 is 23.6 Å². The van der Waals surface area contributed by atoms with Crippen LogP contribution in [0, 0.1) is 17.5 Å². The van der Waals surface area contributed by atoms with Gasteiger partial charge in [0.25, 0.3) is 11.8 Å². The molecular formula is C30H29F3N2O4S. The lowest BCUT2D eigenvalue weighted by atomic mass is 9.89. The van der Waals surface area contributed by atoms with Gasteiger partial charge in [0.1, 0.15) is 5.60 Å². The SMILES string of the molecule is COc1cc(C(=O)N2CCOC3(CCCN(C(=O)c4ccc(F)c(F)c4CSc4ccccc4)C3)C2)ccc1F. The molecule has 40 heavy (non-hydrogen) atoms. The molecule has 0 bridgehead atoms. The topological polar surface area (TPSA) is 59.1 Å². The second-order valence-corrected chi connectivity index (χ2v) is 11.0. The number of benzene rings is 3. The molecule has 0 aromatic heterocycles. The number of carbonyl (C=O) groups excluding carboxylic acids is 2. The van der Waals surface area contributed by atoms with E-state index in [-0.39, 0.29) is 48.2 Å². The molecule has 3 aromatic carbocycles. The Labute approximate surface area is 235 Å². The van der Waals surface area contributed by atoms with Gasteiger partial charge in [0.2, 0.25) is 0 Å². The maximum Gasteiger partial charge on any atom is 0.254 e. The van der Waals surface area contributed by atoms with Crippen LogP contribution in [-0.4, -0.2) is 67.1 Å². The van der Waals surface area contributed by atoms with Crippen molar-refractivity contribution in [3.63, 3.8) is 0 Å². The molecular weight excluding hydrogens is 541 g/mol. The van der Waals surface area contributed by atoms with Crippen molar-refractivity contribution in [3.8, 4) is 5.75 Å². The van der Waals surface area contributed by atoms with Crippen molar-refractivity contribution in [1.29, 1.82) is 0 Å². The number of piperidine rings is 1. The van der Waals surface area contributed by atoms with E-state index in [1.54, 1.807) is 9.80 Å². The number of methoxy groups -OCH3 is 1. The van der Waals surface area contributed by atoms with Gasteiger partial charge in [-0.15, -0.1) is 11.8 Å². The molecule has 1 spiro atoms. The zero-order valence-corrected chi connectivity index (χ0v) is 22.8. The third-order valence-corrected chi connectivity index (χ3v) is 8.35. The summed E-state index contributed by atoms with van der Waals surface area (Å²) in [6, 6.07) is 15.6. The van der Waals surface area contributed by atoms with Crippen molar-refractivity contribution in [1.82, 2.24) is 9.80 Å². The van der Waals surface area contributed by atoms with E-state index in [9.17, 15) is 22.8 Å². The molecule has 0 saturated carbocycles. The smallest absolute Gasteiger partial charge is 0.254 e. The largest absolute Gasteiger partial charge is 0.494 e. The molecule has 0 radical (unpaired) electrons. The van der Waals surface area contributed by atoms with Crippen molar-refractivity contribution in [2.75, 3.05) is 39.9 Å². The van der Waals surface area contributed by atoms with Crippen LogP contribution in [0.25, 0.3) is 0 Å². The first-order chi connectivity index (χ1) is 19.3. The van der Waals surface area contributed by atoms with Crippen molar-refractivity contribution < 1.29 is 32.2 Å². The summed E-state index contributed by atoms with van der Waals surface area (Å²) in [5, 5.41) is 0. The minimum atomic E-state index is -1.03. The first-order valence-electron chi connectivity index (χ1n) is 13.0. The van der Waals surface area contributed by atoms with E-state index in [1.807, 2.05) is 30.3 Å². The Hall–Kier alpha value is -3.50. The van der Waals surface area contributed by atoms with Crippen LogP contribution in [0.3, 0.4) is 0 Å². The number of halogens is 3. The van der Waals surface area contributed by atoms with Crippen LogP contribution in [0.4, 0.5) is 13.2 Å². The summed E-state index contributed by atoms with van der Waals surface area (Å²) in [6.07, 6.45) is 1.25. The van der Waals surface area contributed by atoms with Gasteiger partial charge in [-0.3, -0.25) is 9.59 Å². The third-order valence-electron chi connectivity index (χ3n) is 7.31. The fraction of sp³-hybridized carbons (Fsp3) is 0.333. The molecule has 2 aliphatic heterocycles. The molecule has 3 aromatic rings. The van der Waals surface area contributed by atoms with E-state index >= 15 is 0 Å². The van der Waals surface area contributed by atoms with E-state index in [2.05, 4.69) is 0 Å². The summed E-state index contributed by atoms with van der Waals surface area (Å²) in [7, 11) is 1.34. The molecule has 2 aliphatic rings. The van der Waals surface area contributed by atoms with Gasteiger partial charge in [0.15, 0.2) is 23.2 Å². The van der Waals surface area contributed by atoms with E-state index < -0.39 is 29.0 Å². The normalized spacial score (nSPS) is 19.1. The zero-order valence-electron chi connectivity index (χ0n) is 22.0. The van der Waals surface area contributed by atoms with Crippen molar-refractivity contribution in [2.45, 2.75) is 29.1 Å². The quantitative estimate of drug-likeness (QED) is 0.364. The fourth-order valence-electron chi connectivity index (χ4n) is 5.29. The number of hydrogen-bond acceptors (Lipinski definition) is 5. The van der Waals surface area contributed by atoms with Gasteiger partial charge in [-0.25, -0.2) is 13.2 Å². The lowest BCUT2D eigenvalue weighted by Gasteiger charge is -2.48. The molecule has 6 nitrogen and oxygen atoms in total. The maximum atomic E-state index is 15.0. The van der Waals surface area contributed by atoms with Crippen LogP contribution >= 0.6 is 11.8 Å². The molecule has 10 heteroatoms. The molecule has 5 rings (SSSR count). The third kappa shape index (κ3) is 5.83. The minimum Gasteiger partial charge on any atom is -0.494 e. The lowest BCUT2D eigenvalue weighted by Crippen LogP contribution is -2.61. The van der Waals surface area contributed by atoms with Gasteiger partial charge in [0.05, 0.1) is 26.8 Å². The highest BCUT2D eigenvalue weighted by molar-refractivity contribution is 7.98. The Morgan fingerprint density at radius 1 is 0.950 bits per heavy atom. The van der Waals surface area contributed by atoms with Crippen LogP contribution in [-0.2, 0) is 10.5 Å². The van der Waals surface area contributed by atoms with Gasteiger partial charge in [-0.1, -0.05) is 18.2 Å². The summed E-state index contributed by atoms with van der Waals surface area (Å²) >= 11 is 1.32. The van der Waals surface area contributed by atoms with Crippen LogP contribution in [0.5, 0.6) is 5.75 Å². The summed E-state index contributed by atoms with van der Waals surface area (Å²) in [5.74, 6) is -3.21. The van der Waals surface area contributed by atoms with Crippen LogP contribution in [0.1, 0.15) is 39.1 Å². The highest BCUT2D eigenvalue weighted by Gasteiger charge is 2.43. The Morgan fingerprint density at radius 2 is 1.68 bits per heavy atom. The van der Waals surface area contributed by atoms with Gasteiger partial charge >= 0.3 is 0 Å². The Kier molecular flexibility index (Phi) is 8.37. The Bertz CT molecular complexity index is 1400. The summed E-state index contributed by atoms with van der Waals surface area (Å²) in [6.45, 7) is 1.49. The molecule has 2 saturated heterocycles. The highest BCUT2D eigenvalue weighted by atomic mass is 32.2. The number of hydrogen-bond donors (Lipinski definition) is 0. The molecule has 1 atom stereocenters. The van der Waals surface area contributed by atoms with E-state index in [1.165, 1.54) is 43.1 Å². The number of carbonyl (C=O) groups is 2. The van der Waals surface area contributed by atoms with Gasteiger partial charge < -0.3 is 19.3 Å². The Balaban J connectivity index is 1.34. The van der Waals surface area contributed by atoms with Crippen LogP contribution < -0.4 is 4.74 Å². The first kappa shape index (κ1) is 28.0. The second kappa shape index (κ2) is 11.9. The van der Waals surface area contributed by atoms with Crippen molar-refractivity contribution in [2.24, 2.45) is 0 Å². The molecule has 2 amide bonds. The first-order valence-corrected chi connectivity index (χ1v) is 14.0. The number of likely N-dealkylation sites (tertiary alicyclic amines) is 1. The second-order valence-electron chi connectivity index (χ2n) is 9.93. The number of amides is 2. The number of rotatable bonds is 6. The predicted octanol–water partition coefficient (Wildman–Crippen LogP) is 5.55. The molecule has 0 N–H and O–H groups in total. The van der Waals surface area contributed by atoms with Gasteiger partial charge in [0, 0.05) is 40.4 Å². The number of ether oxygens (including phenoxy) is 2.